The minimum Gasteiger partial charge on any atom is -0.352 e. The predicted molar refractivity (Wildman–Crippen MR) is 86.9 cm³/mol. The highest BCUT2D eigenvalue weighted by Gasteiger charge is 2.39. The van der Waals surface area contributed by atoms with E-state index in [0.717, 1.165) is 17.4 Å². The van der Waals surface area contributed by atoms with Gasteiger partial charge in [-0.05, 0) is 50.3 Å². The number of hydrogen-bond acceptors (Lipinski definition) is 3. The number of nitrogens with zero attached hydrogens (tertiary/aromatic N) is 2. The van der Waals surface area contributed by atoms with Gasteiger partial charge in [0.25, 0.3) is 0 Å². The molecule has 5 heteroatoms. The molecule has 3 nitrogen and oxygen atoms in total. The van der Waals surface area contributed by atoms with Crippen LogP contribution in [0, 0.1) is 6.92 Å². The Morgan fingerprint density at radius 2 is 2.20 bits per heavy atom. The lowest BCUT2D eigenvalue weighted by molar-refractivity contribution is 0.335. The molecule has 2 aromatic rings. The first-order valence-electron chi connectivity index (χ1n) is 6.75. The summed E-state index contributed by atoms with van der Waals surface area (Å²) in [4.78, 5) is 9.42. The van der Waals surface area contributed by atoms with E-state index in [-0.39, 0.29) is 12.1 Å². The van der Waals surface area contributed by atoms with Crippen molar-refractivity contribution in [3.8, 4) is 0 Å². The first-order valence-corrected chi connectivity index (χ1v) is 7.97. The largest absolute Gasteiger partial charge is 0.352 e. The molecule has 0 aromatic carbocycles. The van der Waals surface area contributed by atoms with Crippen LogP contribution in [0.3, 0.4) is 0 Å². The zero-order valence-corrected chi connectivity index (χ0v) is 13.2. The van der Waals surface area contributed by atoms with E-state index in [1.165, 1.54) is 9.75 Å². The topological polar surface area (TPSA) is 28.2 Å². The molecule has 1 N–H and O–H groups in total. The average Bonchev–Trinajstić information content (AvgIpc) is 3.03. The van der Waals surface area contributed by atoms with E-state index >= 15 is 0 Å². The standard InChI is InChI=1S/C15H17N3S2/c1-3-18-14(12-8-7-10(2)20-12)13(17-15(18)19)11-6-4-5-9-16-11/h4-9,13-14H,3H2,1-2H3,(H,17,19)/t13-,14-/m1/s1. The first kappa shape index (κ1) is 13.5. The van der Waals surface area contributed by atoms with Crippen molar-refractivity contribution in [3.05, 3.63) is 52.0 Å². The minimum absolute atomic E-state index is 0.127. The van der Waals surface area contributed by atoms with Gasteiger partial charge in [0.1, 0.15) is 0 Å². The molecule has 0 bridgehead atoms. The van der Waals surface area contributed by atoms with Crippen molar-refractivity contribution < 1.29 is 0 Å². The van der Waals surface area contributed by atoms with Gasteiger partial charge in [0, 0.05) is 22.5 Å². The molecule has 20 heavy (non-hydrogen) atoms. The second kappa shape index (κ2) is 5.50. The smallest absolute Gasteiger partial charge is 0.170 e. The molecule has 2 aromatic heterocycles. The van der Waals surface area contributed by atoms with Crippen LogP contribution >= 0.6 is 23.6 Å². The van der Waals surface area contributed by atoms with Gasteiger partial charge in [0.15, 0.2) is 5.11 Å². The minimum atomic E-state index is 0.127. The van der Waals surface area contributed by atoms with Gasteiger partial charge < -0.3 is 10.2 Å². The zero-order valence-electron chi connectivity index (χ0n) is 11.5. The van der Waals surface area contributed by atoms with Crippen LogP contribution in [0.1, 0.15) is 34.5 Å². The fraction of sp³-hybridized carbons (Fsp3) is 0.333. The summed E-state index contributed by atoms with van der Waals surface area (Å²) in [7, 11) is 0. The molecule has 2 atom stereocenters. The number of aromatic nitrogens is 1. The zero-order chi connectivity index (χ0) is 14.1. The molecule has 0 unspecified atom stereocenters. The Labute approximate surface area is 128 Å². The molecule has 3 rings (SSSR count). The summed E-state index contributed by atoms with van der Waals surface area (Å²) < 4.78 is 0. The van der Waals surface area contributed by atoms with Gasteiger partial charge in [-0.25, -0.2) is 0 Å². The Morgan fingerprint density at radius 3 is 2.80 bits per heavy atom. The quantitative estimate of drug-likeness (QED) is 0.879. The fourth-order valence-corrected chi connectivity index (χ4v) is 4.06. The van der Waals surface area contributed by atoms with Crippen molar-refractivity contribution in [3.63, 3.8) is 0 Å². The number of likely N-dealkylation sites (N-methyl/N-ethyl adjacent to an activating group) is 1. The lowest BCUT2D eigenvalue weighted by Gasteiger charge is -2.25. The van der Waals surface area contributed by atoms with Crippen LogP contribution in [0.5, 0.6) is 0 Å². The number of thiophene rings is 1. The van der Waals surface area contributed by atoms with Crippen LogP contribution < -0.4 is 5.32 Å². The van der Waals surface area contributed by atoms with Crippen LogP contribution in [0.4, 0.5) is 0 Å². The Kier molecular flexibility index (Phi) is 3.72. The second-order valence-electron chi connectivity index (χ2n) is 4.86. The molecule has 104 valence electrons. The Bertz CT molecular complexity index is 609. The highest BCUT2D eigenvalue weighted by Crippen LogP contribution is 2.40. The molecule has 0 aliphatic carbocycles. The Balaban J connectivity index is 2.02. The molecule has 1 aliphatic heterocycles. The fourth-order valence-electron chi connectivity index (χ4n) is 2.67. The molecular weight excluding hydrogens is 286 g/mol. The first-order chi connectivity index (χ1) is 9.70. The van der Waals surface area contributed by atoms with Gasteiger partial charge in [-0.2, -0.15) is 0 Å². The van der Waals surface area contributed by atoms with Crippen LogP contribution in [0.15, 0.2) is 36.5 Å². The summed E-state index contributed by atoms with van der Waals surface area (Å²) in [6.07, 6.45) is 1.84. The summed E-state index contributed by atoms with van der Waals surface area (Å²) >= 11 is 7.33. The number of thiocarbonyl (C=S) groups is 1. The van der Waals surface area contributed by atoms with Crippen LogP contribution in [-0.2, 0) is 0 Å². The molecule has 0 amide bonds. The predicted octanol–water partition coefficient (Wildman–Crippen LogP) is 3.44. The van der Waals surface area contributed by atoms with Gasteiger partial charge in [-0.1, -0.05) is 6.07 Å². The molecular formula is C15H17N3S2. The van der Waals surface area contributed by atoms with Crippen LogP contribution in [-0.4, -0.2) is 21.5 Å². The molecule has 3 heterocycles. The maximum Gasteiger partial charge on any atom is 0.170 e. The molecule has 1 aliphatic rings. The number of nitrogens with one attached hydrogen (secondary N) is 1. The SMILES string of the molecule is CCN1C(=S)N[C@H](c2ccccn2)[C@H]1c1ccc(C)s1. The highest BCUT2D eigenvalue weighted by atomic mass is 32.1. The Hall–Kier alpha value is -1.46. The molecule has 0 spiro atoms. The van der Waals surface area contributed by atoms with Gasteiger partial charge in [-0.3, -0.25) is 4.98 Å². The number of pyridine rings is 1. The third kappa shape index (κ3) is 2.31. The van der Waals surface area contributed by atoms with Gasteiger partial charge in [0.05, 0.1) is 17.8 Å². The number of aryl methyl sites for hydroxylation is 1. The summed E-state index contributed by atoms with van der Waals surface area (Å²) in [5, 5.41) is 4.25. The van der Waals surface area contributed by atoms with Crippen molar-refractivity contribution >= 4 is 28.7 Å². The lowest BCUT2D eigenvalue weighted by atomic mass is 10.0. The third-order valence-electron chi connectivity index (χ3n) is 3.59. The Morgan fingerprint density at radius 1 is 1.35 bits per heavy atom. The van der Waals surface area contributed by atoms with Crippen molar-refractivity contribution in [2.75, 3.05) is 6.54 Å². The van der Waals surface area contributed by atoms with Crippen molar-refractivity contribution in [1.82, 2.24) is 15.2 Å². The maximum atomic E-state index is 5.49. The summed E-state index contributed by atoms with van der Waals surface area (Å²) in [5.74, 6) is 0. The van der Waals surface area contributed by atoms with Crippen molar-refractivity contribution in [2.45, 2.75) is 25.9 Å². The molecule has 0 radical (unpaired) electrons. The summed E-state index contributed by atoms with van der Waals surface area (Å²) in [6.45, 7) is 5.18. The van der Waals surface area contributed by atoms with E-state index in [0.29, 0.717) is 0 Å². The molecule has 0 saturated carbocycles. The van der Waals surface area contributed by atoms with E-state index in [9.17, 15) is 0 Å². The van der Waals surface area contributed by atoms with Gasteiger partial charge >= 0.3 is 0 Å². The van der Waals surface area contributed by atoms with Gasteiger partial charge in [-0.15, -0.1) is 11.3 Å². The highest BCUT2D eigenvalue weighted by molar-refractivity contribution is 7.80. The summed E-state index contributed by atoms with van der Waals surface area (Å²) in [5.41, 5.74) is 1.04. The second-order valence-corrected chi connectivity index (χ2v) is 6.57. The third-order valence-corrected chi connectivity index (χ3v) is 5.01. The molecule has 1 saturated heterocycles. The normalized spacial score (nSPS) is 22.1. The van der Waals surface area contributed by atoms with E-state index < -0.39 is 0 Å². The van der Waals surface area contributed by atoms with Crippen LogP contribution in [0.2, 0.25) is 0 Å². The van der Waals surface area contributed by atoms with Crippen molar-refractivity contribution in [1.29, 1.82) is 0 Å². The van der Waals surface area contributed by atoms with E-state index in [4.69, 9.17) is 12.2 Å². The maximum absolute atomic E-state index is 5.49. The lowest BCUT2D eigenvalue weighted by Crippen LogP contribution is -2.28. The van der Waals surface area contributed by atoms with E-state index in [1.54, 1.807) is 0 Å². The summed E-state index contributed by atoms with van der Waals surface area (Å²) in [6, 6.07) is 10.8. The van der Waals surface area contributed by atoms with Gasteiger partial charge in [0.2, 0.25) is 0 Å². The molecule has 1 fully saturated rings. The van der Waals surface area contributed by atoms with Crippen LogP contribution in [0.25, 0.3) is 0 Å². The van der Waals surface area contributed by atoms with E-state index in [2.05, 4.69) is 47.2 Å². The monoisotopic (exact) mass is 303 g/mol. The number of hydrogen-bond donors (Lipinski definition) is 1. The number of rotatable bonds is 3. The average molecular weight is 303 g/mol. The van der Waals surface area contributed by atoms with E-state index in [1.807, 2.05) is 29.7 Å². The van der Waals surface area contributed by atoms with Crippen molar-refractivity contribution in [2.24, 2.45) is 0 Å².